The summed E-state index contributed by atoms with van der Waals surface area (Å²) in [6.45, 7) is 3.44. The number of likely N-dealkylation sites (N-methyl/N-ethyl adjacent to an activating group) is 1. The fourth-order valence-electron chi connectivity index (χ4n) is 0.287. The summed E-state index contributed by atoms with van der Waals surface area (Å²) in [7, 11) is 6.00. The molecule has 0 aromatic heterocycles. The maximum Gasteiger partial charge on any atom is 0.0572 e. The predicted molar refractivity (Wildman–Crippen MR) is 48.1 cm³/mol. The van der Waals surface area contributed by atoms with E-state index in [1.165, 1.54) is 0 Å². The zero-order chi connectivity index (χ0) is 9.28. The summed E-state index contributed by atoms with van der Waals surface area (Å²) in [5, 5.41) is 9.80. The first kappa shape index (κ1) is 13.4. The number of hydrazine groups is 1. The minimum atomic E-state index is 0.143. The molecule has 0 radical (unpaired) electrons. The van der Waals surface area contributed by atoms with Crippen molar-refractivity contribution in [3.63, 3.8) is 0 Å². The van der Waals surface area contributed by atoms with Gasteiger partial charge >= 0.3 is 0 Å². The first-order chi connectivity index (χ1) is 5.04. The Balaban J connectivity index is 0. The van der Waals surface area contributed by atoms with Gasteiger partial charge in [0.05, 0.1) is 6.61 Å². The van der Waals surface area contributed by atoms with Crippen LogP contribution in [0.4, 0.5) is 0 Å². The van der Waals surface area contributed by atoms with Crippen LogP contribution in [0.3, 0.4) is 0 Å². The van der Waals surface area contributed by atoms with Gasteiger partial charge in [-0.15, -0.1) is 0 Å². The van der Waals surface area contributed by atoms with Crippen molar-refractivity contribution < 1.29 is 5.11 Å². The Morgan fingerprint density at radius 3 is 1.73 bits per heavy atom. The Morgan fingerprint density at radius 1 is 1.27 bits per heavy atom. The van der Waals surface area contributed by atoms with Gasteiger partial charge in [-0.05, 0) is 21.1 Å². The summed E-state index contributed by atoms with van der Waals surface area (Å²) in [6, 6.07) is 0. The van der Waals surface area contributed by atoms with Crippen molar-refractivity contribution in [1.82, 2.24) is 9.91 Å². The number of rotatable bonds is 3. The molecule has 0 bridgehead atoms. The first-order valence-corrected chi connectivity index (χ1v) is 3.76. The molecule has 0 fully saturated rings. The molecule has 0 aliphatic heterocycles. The molecule has 0 amide bonds. The topological polar surface area (TPSA) is 52.7 Å². The Bertz CT molecular complexity index is 66.0. The Labute approximate surface area is 69.6 Å². The molecule has 0 aliphatic rings. The highest BCUT2D eigenvalue weighted by atomic mass is 16.3. The molecule has 0 aromatic rings. The minimum absolute atomic E-state index is 0.143. The average Bonchev–Trinajstić information content (AvgIpc) is 1.87. The van der Waals surface area contributed by atoms with Gasteiger partial charge in [-0.1, -0.05) is 6.92 Å². The lowest BCUT2D eigenvalue weighted by Crippen LogP contribution is -2.33. The Morgan fingerprint density at radius 2 is 1.64 bits per heavy atom. The quantitative estimate of drug-likeness (QED) is 0.429. The van der Waals surface area contributed by atoms with Crippen LogP contribution >= 0.6 is 0 Å². The largest absolute Gasteiger partial charge is 0.395 e. The van der Waals surface area contributed by atoms with Crippen LogP contribution in [0.2, 0.25) is 0 Å². The van der Waals surface area contributed by atoms with Crippen molar-refractivity contribution in [2.24, 2.45) is 5.84 Å². The number of nitrogens with zero attached hydrogens (tertiary/aromatic N) is 2. The highest BCUT2D eigenvalue weighted by Crippen LogP contribution is 1.70. The smallest absolute Gasteiger partial charge is 0.0572 e. The van der Waals surface area contributed by atoms with Crippen LogP contribution in [0.1, 0.15) is 6.92 Å². The average molecular weight is 163 g/mol. The van der Waals surface area contributed by atoms with Gasteiger partial charge in [-0.25, -0.2) is 5.01 Å². The van der Waals surface area contributed by atoms with E-state index in [0.717, 1.165) is 6.54 Å². The molecule has 4 heteroatoms. The third-order valence-electron chi connectivity index (χ3n) is 0.793. The second kappa shape index (κ2) is 9.84. The van der Waals surface area contributed by atoms with Crippen molar-refractivity contribution in [2.45, 2.75) is 6.92 Å². The molecule has 11 heavy (non-hydrogen) atoms. The first-order valence-electron chi connectivity index (χ1n) is 3.76. The molecule has 0 aliphatic carbocycles. The van der Waals surface area contributed by atoms with E-state index in [-0.39, 0.29) is 6.61 Å². The van der Waals surface area contributed by atoms with Crippen LogP contribution in [0.15, 0.2) is 0 Å². The van der Waals surface area contributed by atoms with Crippen molar-refractivity contribution >= 4 is 0 Å². The molecule has 0 unspecified atom stereocenters. The summed E-state index contributed by atoms with van der Waals surface area (Å²) >= 11 is 0. The summed E-state index contributed by atoms with van der Waals surface area (Å²) in [5.74, 6) is 5.26. The Kier molecular flexibility index (Phi) is 12.0. The standard InChI is InChI=1S/C4H12N2O.C3H9N/c1-2-6(5)3-4-7;1-4(2)3/h7H,2-5H2,1H3;1-3H3. The van der Waals surface area contributed by atoms with E-state index >= 15 is 0 Å². The Hall–Kier alpha value is -0.160. The maximum absolute atomic E-state index is 8.25. The van der Waals surface area contributed by atoms with Crippen molar-refractivity contribution in [3.8, 4) is 0 Å². The predicted octanol–water partition coefficient (Wildman–Crippen LogP) is -0.648. The zero-order valence-electron chi connectivity index (χ0n) is 8.04. The summed E-state index contributed by atoms with van der Waals surface area (Å²) < 4.78 is 0. The highest BCUT2D eigenvalue weighted by molar-refractivity contribution is 4.38. The minimum Gasteiger partial charge on any atom is -0.395 e. The fraction of sp³-hybridized carbons (Fsp3) is 1.00. The second-order valence-electron chi connectivity index (χ2n) is 2.69. The van der Waals surface area contributed by atoms with E-state index in [4.69, 9.17) is 10.9 Å². The molecule has 0 saturated heterocycles. The van der Waals surface area contributed by atoms with E-state index in [0.29, 0.717) is 6.54 Å². The van der Waals surface area contributed by atoms with Crippen LogP contribution in [0, 0.1) is 0 Å². The number of nitrogens with two attached hydrogens (primary N) is 1. The molecule has 0 saturated carbocycles. The number of aliphatic hydroxyl groups excluding tert-OH is 1. The summed E-state index contributed by atoms with van der Waals surface area (Å²) in [5.41, 5.74) is 0. The van der Waals surface area contributed by atoms with Crippen LogP contribution in [0.25, 0.3) is 0 Å². The van der Waals surface area contributed by atoms with E-state index in [9.17, 15) is 0 Å². The van der Waals surface area contributed by atoms with Gasteiger partial charge in [0.2, 0.25) is 0 Å². The van der Waals surface area contributed by atoms with Gasteiger partial charge < -0.3 is 10.0 Å². The zero-order valence-corrected chi connectivity index (χ0v) is 8.04. The molecule has 0 rings (SSSR count). The third kappa shape index (κ3) is 25.8. The van der Waals surface area contributed by atoms with Gasteiger partial charge in [0.25, 0.3) is 0 Å². The summed E-state index contributed by atoms with van der Waals surface area (Å²) in [4.78, 5) is 2.00. The second-order valence-corrected chi connectivity index (χ2v) is 2.69. The highest BCUT2D eigenvalue weighted by Gasteiger charge is 1.87. The monoisotopic (exact) mass is 163 g/mol. The van der Waals surface area contributed by atoms with Crippen molar-refractivity contribution in [2.75, 3.05) is 40.8 Å². The molecule has 0 spiro atoms. The van der Waals surface area contributed by atoms with Gasteiger partial charge in [0.1, 0.15) is 0 Å². The van der Waals surface area contributed by atoms with Gasteiger partial charge in [0.15, 0.2) is 0 Å². The molecule has 0 heterocycles. The lowest BCUT2D eigenvalue weighted by Gasteiger charge is -2.09. The van der Waals surface area contributed by atoms with E-state index in [2.05, 4.69) is 0 Å². The fourth-order valence-corrected chi connectivity index (χ4v) is 0.287. The van der Waals surface area contributed by atoms with Gasteiger partial charge in [0, 0.05) is 13.1 Å². The van der Waals surface area contributed by atoms with Crippen molar-refractivity contribution in [3.05, 3.63) is 0 Å². The molecule has 4 nitrogen and oxygen atoms in total. The van der Waals surface area contributed by atoms with Crippen LogP contribution in [-0.2, 0) is 0 Å². The molecular formula is C7H21N3O. The number of hydrogen-bond donors (Lipinski definition) is 2. The van der Waals surface area contributed by atoms with Crippen molar-refractivity contribution in [1.29, 1.82) is 0 Å². The lowest BCUT2D eigenvalue weighted by atomic mass is 10.6. The molecule has 0 atom stereocenters. The molecule has 0 aromatic carbocycles. The number of hydrogen-bond acceptors (Lipinski definition) is 4. The normalized spacial score (nSPS) is 9.82. The molecule has 70 valence electrons. The lowest BCUT2D eigenvalue weighted by molar-refractivity contribution is 0.205. The van der Waals surface area contributed by atoms with E-state index < -0.39 is 0 Å². The maximum atomic E-state index is 8.25. The number of aliphatic hydroxyl groups is 1. The van der Waals surface area contributed by atoms with Crippen LogP contribution < -0.4 is 5.84 Å². The van der Waals surface area contributed by atoms with Crippen LogP contribution in [0.5, 0.6) is 0 Å². The third-order valence-corrected chi connectivity index (χ3v) is 0.793. The van der Waals surface area contributed by atoms with E-state index in [1.54, 1.807) is 5.01 Å². The molecular weight excluding hydrogens is 142 g/mol. The SMILES string of the molecule is CCN(N)CCO.CN(C)C. The van der Waals surface area contributed by atoms with Crippen LogP contribution in [-0.4, -0.2) is 55.9 Å². The summed E-state index contributed by atoms with van der Waals surface area (Å²) in [6.07, 6.45) is 0. The molecule has 3 N–H and O–H groups in total. The van der Waals surface area contributed by atoms with Gasteiger partial charge in [-0.3, -0.25) is 5.84 Å². The van der Waals surface area contributed by atoms with Gasteiger partial charge in [-0.2, -0.15) is 0 Å². The van der Waals surface area contributed by atoms with E-state index in [1.807, 2.05) is 33.0 Å².